The predicted octanol–water partition coefficient (Wildman–Crippen LogP) is 21.8. The van der Waals surface area contributed by atoms with Gasteiger partial charge in [-0.05, 0) is 186 Å². The quantitative estimate of drug-likeness (QED) is 0.118. The molecule has 0 bridgehead atoms. The number of imidazole rings is 1. The first-order valence-electron chi connectivity index (χ1n) is 32.8. The molecular weight excluding hydrogens is 1310 g/mol. The second-order valence-corrected chi connectivity index (χ2v) is 30.6. The molecule has 0 radical (unpaired) electrons. The molecule has 9 aromatic carbocycles. The number of hydrogen-bond donors (Lipinski definition) is 0. The minimum absolute atomic E-state index is 0. The number of nitrogens with zero attached hydrogens (tertiary/aromatic N) is 4. The minimum atomic E-state index is 0. The topological polar surface area (TPSA) is 62.1 Å². The van der Waals surface area contributed by atoms with E-state index in [0.29, 0.717) is 11.5 Å². The minimum Gasteiger partial charge on any atom is -0.510 e. The third kappa shape index (κ3) is 8.83. The number of ether oxygens (including phenoxy) is 1. The largest absolute Gasteiger partial charge is 0.510 e. The van der Waals surface area contributed by atoms with Gasteiger partial charge < -0.3 is 22.7 Å². The number of benzene rings is 9. The molecule has 0 unspecified atom stereocenters. The van der Waals surface area contributed by atoms with Crippen LogP contribution in [0.1, 0.15) is 155 Å². The Morgan fingerprint density at radius 2 is 0.967 bits per heavy atom. The zero-order valence-corrected chi connectivity index (χ0v) is 57.0. The molecule has 0 fully saturated rings. The van der Waals surface area contributed by atoms with E-state index in [1.54, 1.807) is 0 Å². The molecule has 0 atom stereocenters. The Morgan fingerprint density at radius 1 is 0.446 bits per heavy atom. The zero-order chi connectivity index (χ0) is 62.5. The molecular formula is C84H76N4O3Pt-2. The number of furan rings is 2. The fourth-order valence-electron chi connectivity index (χ4n) is 16.5. The van der Waals surface area contributed by atoms with E-state index in [9.17, 15) is 0 Å². The van der Waals surface area contributed by atoms with Gasteiger partial charge in [-0.2, -0.15) is 18.2 Å². The summed E-state index contributed by atoms with van der Waals surface area (Å²) in [5.74, 6) is 2.03. The van der Waals surface area contributed by atoms with E-state index in [1.165, 1.54) is 44.2 Å². The van der Waals surface area contributed by atoms with Gasteiger partial charge in [0.1, 0.15) is 28.1 Å². The first-order valence-corrected chi connectivity index (χ1v) is 32.8. The molecule has 5 heterocycles. The number of pyridine rings is 1. The van der Waals surface area contributed by atoms with Crippen LogP contribution in [0.5, 0.6) is 11.5 Å². The van der Waals surface area contributed by atoms with Gasteiger partial charge in [-0.1, -0.05) is 174 Å². The van der Waals surface area contributed by atoms with Crippen LogP contribution in [0.3, 0.4) is 0 Å². The molecule has 14 aromatic rings. The van der Waals surface area contributed by atoms with Gasteiger partial charge in [0.05, 0.1) is 16.7 Å². The molecule has 5 aromatic heterocycles. The van der Waals surface area contributed by atoms with E-state index in [2.05, 4.69) is 267 Å². The second-order valence-electron chi connectivity index (χ2n) is 30.6. The number of hydrogen-bond acceptors (Lipinski definition) is 4. The van der Waals surface area contributed by atoms with Crippen molar-refractivity contribution in [3.05, 3.63) is 222 Å². The van der Waals surface area contributed by atoms with Gasteiger partial charge in [0.2, 0.25) is 0 Å². The summed E-state index contributed by atoms with van der Waals surface area (Å²) >= 11 is 0. The summed E-state index contributed by atoms with van der Waals surface area (Å²) in [5, 5.41) is 7.01. The maximum Gasteiger partial charge on any atom is 0.268 e. The van der Waals surface area contributed by atoms with E-state index in [1.807, 2.05) is 18.2 Å². The molecule has 0 spiro atoms. The van der Waals surface area contributed by atoms with Gasteiger partial charge in [0.15, 0.2) is 0 Å². The van der Waals surface area contributed by atoms with Crippen molar-refractivity contribution in [2.45, 2.75) is 154 Å². The molecule has 0 saturated carbocycles. The number of fused-ring (bicyclic) bond motifs is 15. The van der Waals surface area contributed by atoms with E-state index in [0.717, 1.165) is 144 Å². The predicted molar refractivity (Wildman–Crippen MR) is 371 cm³/mol. The van der Waals surface area contributed by atoms with Gasteiger partial charge in [-0.3, -0.25) is 4.57 Å². The van der Waals surface area contributed by atoms with E-state index in [4.69, 9.17) is 18.6 Å². The van der Waals surface area contributed by atoms with Crippen LogP contribution in [0.15, 0.2) is 179 Å². The van der Waals surface area contributed by atoms with Gasteiger partial charge in [-0.25, -0.2) is 4.98 Å². The Morgan fingerprint density at radius 3 is 1.59 bits per heavy atom. The van der Waals surface area contributed by atoms with Crippen molar-refractivity contribution in [2.24, 2.45) is 0 Å². The van der Waals surface area contributed by atoms with Crippen molar-refractivity contribution >= 4 is 76.7 Å². The molecule has 7 nitrogen and oxygen atoms in total. The van der Waals surface area contributed by atoms with Crippen LogP contribution >= 0.6 is 0 Å². The molecule has 0 N–H and O–H groups in total. The van der Waals surface area contributed by atoms with Gasteiger partial charge in [-0.15, -0.1) is 29.7 Å². The van der Waals surface area contributed by atoms with Crippen molar-refractivity contribution < 1.29 is 39.2 Å². The van der Waals surface area contributed by atoms with Crippen molar-refractivity contribution in [2.75, 3.05) is 0 Å². The molecule has 17 rings (SSSR count). The SMILES string of the molecule is CC1(C)CCC(C)(C)c2cc(-n3c4[c-]c(Oc5[c-]c(-n6[c-][n+](-c7c(-c8ccc9c(c8)oc8ccc%10c(c89)C(C)(C)CCC%10(C)C)cccc7-c7ccc8c(c7)oc7ccc9c(c78)C(C)(C)CCC9(C)C)c7ccccc76)ccc5)ccc4c4ccccc43)ncc21.[Pt]. The summed E-state index contributed by atoms with van der Waals surface area (Å²) in [7, 11) is 0. The van der Waals surface area contributed by atoms with E-state index < -0.39 is 0 Å². The third-order valence-electron chi connectivity index (χ3n) is 22.0. The molecule has 0 aliphatic heterocycles. The number of para-hydroxylation sites is 4. The third-order valence-corrected chi connectivity index (χ3v) is 22.0. The van der Waals surface area contributed by atoms with Gasteiger partial charge in [0, 0.05) is 65.8 Å². The molecule has 0 saturated heterocycles. The molecule has 8 heteroatoms. The fraction of sp³-hybridized carbons (Fsp3) is 0.286. The summed E-state index contributed by atoms with van der Waals surface area (Å²) in [5.41, 5.74) is 22.1. The van der Waals surface area contributed by atoms with Crippen LogP contribution in [0.4, 0.5) is 0 Å². The molecule has 462 valence electrons. The van der Waals surface area contributed by atoms with E-state index in [-0.39, 0.29) is 53.6 Å². The first kappa shape index (κ1) is 58.6. The average molecular weight is 1380 g/mol. The molecule has 92 heavy (non-hydrogen) atoms. The van der Waals surface area contributed by atoms with Crippen LogP contribution in [0.2, 0.25) is 0 Å². The van der Waals surface area contributed by atoms with Crippen LogP contribution in [-0.2, 0) is 53.6 Å². The Bertz CT molecular complexity index is 5250. The number of aromatic nitrogens is 4. The Balaban J connectivity index is 0.00000673. The average Bonchev–Trinajstić information content (AvgIpc) is 1.48. The normalized spacial score (nSPS) is 17.5. The summed E-state index contributed by atoms with van der Waals surface area (Å²) in [6.07, 6.45) is 12.8. The first-order chi connectivity index (χ1) is 43.5. The van der Waals surface area contributed by atoms with Crippen molar-refractivity contribution in [1.29, 1.82) is 0 Å². The molecule has 3 aliphatic carbocycles. The standard InChI is InChI=1S/C84H76N4O3.Pt/c1-79(2)39-41-83(9,10)76-61(79)33-35-69-74(76)59-30-27-50(43-71(59)90-69)55-22-18-23-56(51-28-31-60-72(44-51)91-70-36-34-62-77(75(60)70)84(11,12)42-40-80(62,3)4)78(55)87-49-86(66-25-15-16-26-67(66)87)52-19-17-20-53(45-52)89-54-29-32-58-57-21-13-14-24-65(57)88(68(58)46-54)73-47-63-64(48-85-73)82(7,8)38-37-81(63,5)6;/h13-36,43-44,47-48H,37-42H2,1-12H3;/q-2;. The van der Waals surface area contributed by atoms with Gasteiger partial charge in [0.25, 0.3) is 6.33 Å². The monoisotopic (exact) mass is 1380 g/mol. The van der Waals surface area contributed by atoms with Crippen LogP contribution in [0.25, 0.3) is 116 Å². The Kier molecular flexibility index (Phi) is 12.9. The van der Waals surface area contributed by atoms with E-state index >= 15 is 0 Å². The summed E-state index contributed by atoms with van der Waals surface area (Å²) in [4.78, 5) is 5.21. The number of rotatable bonds is 7. The fourth-order valence-corrected chi connectivity index (χ4v) is 16.5. The van der Waals surface area contributed by atoms with Crippen LogP contribution < -0.4 is 9.30 Å². The molecule has 3 aliphatic rings. The van der Waals surface area contributed by atoms with Crippen LogP contribution in [-0.4, -0.2) is 14.1 Å². The Labute approximate surface area is 553 Å². The molecule has 0 amide bonds. The van der Waals surface area contributed by atoms with Crippen molar-refractivity contribution in [3.63, 3.8) is 0 Å². The van der Waals surface area contributed by atoms with Crippen molar-refractivity contribution in [1.82, 2.24) is 14.1 Å². The smallest absolute Gasteiger partial charge is 0.268 e. The van der Waals surface area contributed by atoms with Crippen molar-refractivity contribution in [3.8, 4) is 50.9 Å². The maximum atomic E-state index is 6.97. The second kappa shape index (κ2) is 20.2. The maximum absolute atomic E-state index is 6.97. The van der Waals surface area contributed by atoms with Gasteiger partial charge >= 0.3 is 0 Å². The van der Waals surface area contributed by atoms with Crippen LogP contribution in [0, 0.1) is 18.5 Å². The summed E-state index contributed by atoms with van der Waals surface area (Å²) < 4.78 is 27.4. The zero-order valence-electron chi connectivity index (χ0n) is 54.7. The Hall–Kier alpha value is -8.51. The summed E-state index contributed by atoms with van der Waals surface area (Å²) in [6, 6.07) is 66.6. The summed E-state index contributed by atoms with van der Waals surface area (Å²) in [6.45, 7) is 28.6.